The standard InChI is InChI=1S/C17H25N3/c1-4-20(16-9-5-14(2)6-10-16)12-11-17(3,13-18)19-15-7-8-15/h5-6,9-10,15,19H,4,7-8,11-12H2,1-3H3. The molecule has 1 saturated carbocycles. The highest BCUT2D eigenvalue weighted by atomic mass is 15.1. The van der Waals surface area contributed by atoms with Gasteiger partial charge in [-0.25, -0.2) is 0 Å². The maximum atomic E-state index is 9.42. The molecule has 1 aliphatic carbocycles. The minimum absolute atomic E-state index is 0.403. The van der Waals surface area contributed by atoms with Gasteiger partial charge >= 0.3 is 0 Å². The third-order valence-electron chi connectivity index (χ3n) is 4.01. The minimum atomic E-state index is -0.403. The van der Waals surface area contributed by atoms with Gasteiger partial charge in [-0.05, 0) is 52.2 Å². The van der Waals surface area contributed by atoms with Crippen LogP contribution >= 0.6 is 0 Å². The van der Waals surface area contributed by atoms with Crippen LogP contribution in [0.4, 0.5) is 5.69 Å². The van der Waals surface area contributed by atoms with Crippen LogP contribution in [0.15, 0.2) is 24.3 Å². The fourth-order valence-electron chi connectivity index (χ4n) is 2.42. The Labute approximate surface area is 122 Å². The van der Waals surface area contributed by atoms with Crippen LogP contribution in [0.5, 0.6) is 0 Å². The molecule has 20 heavy (non-hydrogen) atoms. The first-order chi connectivity index (χ1) is 9.56. The molecule has 1 aromatic carbocycles. The molecule has 0 spiro atoms. The van der Waals surface area contributed by atoms with Crippen molar-refractivity contribution in [1.29, 1.82) is 5.26 Å². The number of hydrogen-bond acceptors (Lipinski definition) is 3. The summed E-state index contributed by atoms with van der Waals surface area (Å²) >= 11 is 0. The summed E-state index contributed by atoms with van der Waals surface area (Å²) in [6.45, 7) is 8.16. The predicted molar refractivity (Wildman–Crippen MR) is 83.9 cm³/mol. The number of nitrogens with one attached hydrogen (secondary N) is 1. The van der Waals surface area contributed by atoms with Crippen molar-refractivity contribution in [2.75, 3.05) is 18.0 Å². The molecule has 1 unspecified atom stereocenters. The Bertz CT molecular complexity index is 470. The number of benzene rings is 1. The number of hydrogen-bond donors (Lipinski definition) is 1. The first-order valence-corrected chi connectivity index (χ1v) is 7.57. The molecule has 3 nitrogen and oxygen atoms in total. The lowest BCUT2D eigenvalue weighted by atomic mass is 9.99. The lowest BCUT2D eigenvalue weighted by Gasteiger charge is -2.29. The Kier molecular flexibility index (Phi) is 4.67. The Hall–Kier alpha value is -1.53. The number of aryl methyl sites for hydroxylation is 1. The molecule has 0 radical (unpaired) electrons. The lowest BCUT2D eigenvalue weighted by molar-refractivity contribution is 0.415. The van der Waals surface area contributed by atoms with Gasteiger partial charge in [0.15, 0.2) is 0 Å². The number of anilines is 1. The van der Waals surface area contributed by atoms with Gasteiger partial charge in [0.2, 0.25) is 0 Å². The van der Waals surface area contributed by atoms with E-state index in [9.17, 15) is 5.26 Å². The van der Waals surface area contributed by atoms with E-state index in [-0.39, 0.29) is 0 Å². The Morgan fingerprint density at radius 1 is 1.35 bits per heavy atom. The Morgan fingerprint density at radius 3 is 2.50 bits per heavy atom. The maximum Gasteiger partial charge on any atom is 0.105 e. The predicted octanol–water partition coefficient (Wildman–Crippen LogP) is 3.25. The fraction of sp³-hybridized carbons (Fsp3) is 0.588. The van der Waals surface area contributed by atoms with Crippen molar-refractivity contribution in [3.05, 3.63) is 29.8 Å². The molecule has 0 aromatic heterocycles. The number of nitrogens with zero attached hydrogens (tertiary/aromatic N) is 2. The fourth-order valence-corrected chi connectivity index (χ4v) is 2.42. The van der Waals surface area contributed by atoms with Gasteiger partial charge in [-0.2, -0.15) is 5.26 Å². The highest BCUT2D eigenvalue weighted by Gasteiger charge is 2.32. The molecule has 1 fully saturated rings. The van der Waals surface area contributed by atoms with Crippen LogP contribution in [0.1, 0.15) is 38.7 Å². The van der Waals surface area contributed by atoms with Crippen LogP contribution in [0.25, 0.3) is 0 Å². The summed E-state index contributed by atoms with van der Waals surface area (Å²) < 4.78 is 0. The van der Waals surface area contributed by atoms with Crippen LogP contribution in [0, 0.1) is 18.3 Å². The molecule has 0 bridgehead atoms. The zero-order valence-corrected chi connectivity index (χ0v) is 12.8. The van der Waals surface area contributed by atoms with E-state index < -0.39 is 5.54 Å². The van der Waals surface area contributed by atoms with Gasteiger partial charge in [0.25, 0.3) is 0 Å². The van der Waals surface area contributed by atoms with Gasteiger partial charge in [-0.1, -0.05) is 17.7 Å². The molecule has 0 heterocycles. The summed E-state index contributed by atoms with van der Waals surface area (Å²) in [7, 11) is 0. The second kappa shape index (κ2) is 6.28. The van der Waals surface area contributed by atoms with E-state index in [0.717, 1.165) is 19.5 Å². The average molecular weight is 271 g/mol. The van der Waals surface area contributed by atoms with Gasteiger partial charge in [0, 0.05) is 24.8 Å². The van der Waals surface area contributed by atoms with Crippen LogP contribution in [0.3, 0.4) is 0 Å². The second-order valence-electron chi connectivity index (χ2n) is 6.03. The van der Waals surface area contributed by atoms with Crippen molar-refractivity contribution in [3.8, 4) is 6.07 Å². The van der Waals surface area contributed by atoms with Crippen LogP contribution in [-0.2, 0) is 0 Å². The van der Waals surface area contributed by atoms with Gasteiger partial charge < -0.3 is 4.90 Å². The van der Waals surface area contributed by atoms with Gasteiger partial charge in [0.05, 0.1) is 6.07 Å². The minimum Gasteiger partial charge on any atom is -0.372 e. The third-order valence-corrected chi connectivity index (χ3v) is 4.01. The SMILES string of the molecule is CCN(CCC(C)(C#N)NC1CC1)c1ccc(C)cc1. The quantitative estimate of drug-likeness (QED) is 0.827. The summed E-state index contributed by atoms with van der Waals surface area (Å²) in [5.74, 6) is 0. The highest BCUT2D eigenvalue weighted by molar-refractivity contribution is 5.47. The summed E-state index contributed by atoms with van der Waals surface area (Å²) in [6, 6.07) is 11.6. The van der Waals surface area contributed by atoms with E-state index in [1.807, 2.05) is 6.92 Å². The molecule has 1 atom stereocenters. The molecule has 0 saturated heterocycles. The van der Waals surface area contributed by atoms with Crippen LogP contribution in [0.2, 0.25) is 0 Å². The first kappa shape index (κ1) is 14.9. The molecule has 1 N–H and O–H groups in total. The molecule has 0 amide bonds. The molecule has 1 aromatic rings. The smallest absolute Gasteiger partial charge is 0.105 e. The zero-order chi connectivity index (χ0) is 14.6. The van der Waals surface area contributed by atoms with Gasteiger partial charge in [-0.15, -0.1) is 0 Å². The molecule has 1 aliphatic rings. The van der Waals surface area contributed by atoms with Crippen molar-refractivity contribution in [1.82, 2.24) is 5.32 Å². The lowest BCUT2D eigenvalue weighted by Crippen LogP contribution is -2.45. The highest BCUT2D eigenvalue weighted by Crippen LogP contribution is 2.24. The number of rotatable bonds is 7. The van der Waals surface area contributed by atoms with Crippen molar-refractivity contribution in [2.24, 2.45) is 0 Å². The van der Waals surface area contributed by atoms with Crippen molar-refractivity contribution < 1.29 is 0 Å². The summed E-state index contributed by atoms with van der Waals surface area (Å²) in [4.78, 5) is 2.34. The maximum absolute atomic E-state index is 9.42. The van der Waals surface area contributed by atoms with E-state index in [1.165, 1.54) is 24.1 Å². The summed E-state index contributed by atoms with van der Waals surface area (Å²) in [6.07, 6.45) is 3.28. The van der Waals surface area contributed by atoms with Gasteiger partial charge in [0.1, 0.15) is 5.54 Å². The molecule has 2 rings (SSSR count). The Morgan fingerprint density at radius 2 is 2.00 bits per heavy atom. The zero-order valence-electron chi connectivity index (χ0n) is 12.8. The Balaban J connectivity index is 1.95. The molecular formula is C17H25N3. The monoisotopic (exact) mass is 271 g/mol. The normalized spacial score (nSPS) is 17.3. The second-order valence-corrected chi connectivity index (χ2v) is 6.03. The number of nitriles is 1. The third kappa shape index (κ3) is 3.98. The van der Waals surface area contributed by atoms with Crippen molar-refractivity contribution in [3.63, 3.8) is 0 Å². The van der Waals surface area contributed by atoms with Crippen LogP contribution < -0.4 is 10.2 Å². The molecule has 3 heteroatoms. The van der Waals surface area contributed by atoms with Crippen molar-refractivity contribution >= 4 is 5.69 Å². The van der Waals surface area contributed by atoms with E-state index in [4.69, 9.17) is 0 Å². The van der Waals surface area contributed by atoms with Crippen molar-refractivity contribution in [2.45, 2.75) is 51.6 Å². The summed E-state index contributed by atoms with van der Waals surface area (Å²) in [5.41, 5.74) is 2.12. The molecule has 108 valence electrons. The summed E-state index contributed by atoms with van der Waals surface area (Å²) in [5, 5.41) is 12.9. The largest absolute Gasteiger partial charge is 0.372 e. The molecule has 0 aliphatic heterocycles. The van der Waals surface area contributed by atoms with E-state index >= 15 is 0 Å². The van der Waals surface area contributed by atoms with E-state index in [1.54, 1.807) is 0 Å². The first-order valence-electron chi connectivity index (χ1n) is 7.57. The topological polar surface area (TPSA) is 39.1 Å². The molecular weight excluding hydrogens is 246 g/mol. The van der Waals surface area contributed by atoms with Gasteiger partial charge in [-0.3, -0.25) is 5.32 Å². The van der Waals surface area contributed by atoms with E-state index in [2.05, 4.69) is 54.4 Å². The van der Waals surface area contributed by atoms with E-state index in [0.29, 0.717) is 6.04 Å². The van der Waals surface area contributed by atoms with Crippen LogP contribution in [-0.4, -0.2) is 24.7 Å². The average Bonchev–Trinajstić information content (AvgIpc) is 3.25.